The molecule has 10 nitrogen and oxygen atoms in total. The molecule has 0 bridgehead atoms. The number of nitrogens with two attached hydrogens (primary N) is 1. The maximum Gasteiger partial charge on any atom is 0.250 e. The van der Waals surface area contributed by atoms with Crippen LogP contribution in [0.5, 0.6) is 11.6 Å². The zero-order chi connectivity index (χ0) is 36.0. The first-order valence-corrected chi connectivity index (χ1v) is 17.5. The van der Waals surface area contributed by atoms with E-state index in [4.69, 9.17) is 24.2 Å². The summed E-state index contributed by atoms with van der Waals surface area (Å²) < 4.78 is 12.3. The normalized spacial score (nSPS) is 24.0. The van der Waals surface area contributed by atoms with Crippen molar-refractivity contribution in [1.82, 2.24) is 14.9 Å². The molecule has 1 radical (unpaired) electrons. The van der Waals surface area contributed by atoms with Crippen molar-refractivity contribution in [2.45, 2.75) is 111 Å². The number of aryl methyl sites for hydroxylation is 1. The number of benzene rings is 1. The van der Waals surface area contributed by atoms with Gasteiger partial charge in [0, 0.05) is 24.6 Å². The van der Waals surface area contributed by atoms with Crippen molar-refractivity contribution in [2.24, 2.45) is 34.8 Å². The van der Waals surface area contributed by atoms with Crippen molar-refractivity contribution in [3.05, 3.63) is 37.1 Å². The Morgan fingerprint density at radius 1 is 1.10 bits per heavy atom. The minimum atomic E-state index is -1.23. The van der Waals surface area contributed by atoms with Crippen LogP contribution in [0.25, 0.3) is 11.0 Å². The molecule has 49 heavy (non-hydrogen) atoms. The summed E-state index contributed by atoms with van der Waals surface area (Å²) in [4.78, 5) is 44.7. The van der Waals surface area contributed by atoms with Crippen molar-refractivity contribution < 1.29 is 47.5 Å². The second-order valence-corrected chi connectivity index (χ2v) is 13.7. The Kier molecular flexibility index (Phi) is 19.4. The molecule has 273 valence electrons. The number of carbonyl (C=O) groups is 2. The van der Waals surface area contributed by atoms with E-state index in [2.05, 4.69) is 25.2 Å². The number of aliphatic hydroxyl groups is 1. The topological polar surface area (TPSA) is 145 Å². The number of ether oxygens (including phenoxy) is 2. The molecule has 3 fully saturated rings. The Balaban J connectivity index is 0.00000163. The van der Waals surface area contributed by atoms with Crippen molar-refractivity contribution in [1.29, 1.82) is 0 Å². The number of aliphatic hydroxyl groups excluding tert-OH is 1. The van der Waals surface area contributed by atoms with E-state index < -0.39 is 29.6 Å². The standard InChI is InChI=1S/C34H48N3O5.C2H4.CH5N.CH2O.V/c1-6-24-29(20-38)37(33(40)31(39)34(3,4)5)19-30(24)42-32-27(12-10-8-9-11-21-13-14-22-17-25(21)22)35-26-16-15-23(41-7-2)18-28(26)36-32;3*1-2;/h15-16,18,21-22,24-25,29-31,39H,6-14,17,19H2,1-5H3;1-2H2;2H2,1H3;1H2;/q-1;;;;/t21-,22?,24-,25?,29?,30-,31+;;;;/m0..../s1. The van der Waals surface area contributed by atoms with E-state index in [0.717, 1.165) is 54.0 Å². The number of hydrogen-bond donors (Lipinski definition) is 2. The molecule has 7 atom stereocenters. The Labute approximate surface area is 305 Å². The summed E-state index contributed by atoms with van der Waals surface area (Å²) in [6.45, 7) is 18.1. The van der Waals surface area contributed by atoms with Gasteiger partial charge < -0.3 is 34.8 Å². The van der Waals surface area contributed by atoms with Gasteiger partial charge in [-0.3, -0.25) is 4.79 Å². The molecule has 1 amide bonds. The maximum atomic E-state index is 13.3. The number of fused-ring (bicyclic) bond motifs is 2. The van der Waals surface area contributed by atoms with Gasteiger partial charge in [-0.25, -0.2) is 16.3 Å². The number of hydrogen-bond acceptors (Lipinski definition) is 9. The summed E-state index contributed by atoms with van der Waals surface area (Å²) in [5, 5.41) is 10.7. The predicted octanol–water partition coefficient (Wildman–Crippen LogP) is 5.87. The number of unbranched alkanes of at least 4 members (excludes halogenated alkanes) is 2. The number of carbonyl (C=O) groups excluding carboxylic acids is 3. The molecule has 3 N–H and O–H groups in total. The molecule has 1 aromatic carbocycles. The number of likely N-dealkylation sites (tertiary alicyclic amines) is 1. The average molecular weight is 719 g/mol. The predicted molar refractivity (Wildman–Crippen MR) is 191 cm³/mol. The smallest absolute Gasteiger partial charge is 0.250 e. The second kappa shape index (κ2) is 21.4. The SMILES string of the molecule is C=C.C=O.CCOc1ccc2nc(CCCCC[C@H]3CCC4CC43)c(O[C@H]3CN(C(=O)[C@@H](O)C(C)(C)C)C([C-]=O)[C@@H]3CC)nc2c1.CN.[V]. The molecule has 11 heteroatoms. The minimum absolute atomic E-state index is 0. The van der Waals surface area contributed by atoms with Gasteiger partial charge in [-0.1, -0.05) is 59.4 Å². The zero-order valence-electron chi connectivity index (χ0n) is 30.5. The van der Waals surface area contributed by atoms with Gasteiger partial charge in [0.05, 0.1) is 24.2 Å². The molecule has 1 aromatic heterocycles. The molecule has 2 heterocycles. The van der Waals surface area contributed by atoms with Crippen LogP contribution in [0.2, 0.25) is 0 Å². The zero-order valence-corrected chi connectivity index (χ0v) is 31.9. The van der Waals surface area contributed by atoms with Gasteiger partial charge in [-0.05, 0) is 87.3 Å². The first-order valence-electron chi connectivity index (χ1n) is 17.5. The summed E-state index contributed by atoms with van der Waals surface area (Å²) in [5.41, 5.74) is 6.11. The van der Waals surface area contributed by atoms with E-state index in [-0.39, 0.29) is 31.0 Å². The Morgan fingerprint density at radius 2 is 1.80 bits per heavy atom. The molecule has 0 spiro atoms. The Hall–Kier alpha value is -2.79. The Bertz CT molecular complexity index is 1300. The van der Waals surface area contributed by atoms with Crippen molar-refractivity contribution in [3.63, 3.8) is 0 Å². The second-order valence-electron chi connectivity index (χ2n) is 13.7. The fourth-order valence-electron chi connectivity index (χ4n) is 7.16. The molecule has 1 aliphatic heterocycles. The van der Waals surface area contributed by atoms with E-state index in [9.17, 15) is 14.7 Å². The van der Waals surface area contributed by atoms with Crippen LogP contribution in [-0.2, 0) is 39.4 Å². The van der Waals surface area contributed by atoms with Crippen LogP contribution < -0.4 is 15.2 Å². The minimum Gasteiger partial charge on any atom is -0.540 e. The summed E-state index contributed by atoms with van der Waals surface area (Å²) in [7, 11) is 1.50. The molecular formula is C38H59N4O6V-. The van der Waals surface area contributed by atoms with Crippen LogP contribution in [0.4, 0.5) is 0 Å². The third kappa shape index (κ3) is 11.4. The van der Waals surface area contributed by atoms with Gasteiger partial charge in [-0.2, -0.15) is 0 Å². The molecule has 1 saturated heterocycles. The fourth-order valence-corrected chi connectivity index (χ4v) is 7.16. The number of nitrogens with zero attached hydrogens (tertiary/aromatic N) is 3. The van der Waals surface area contributed by atoms with E-state index in [1.165, 1.54) is 44.1 Å². The van der Waals surface area contributed by atoms with Crippen molar-refractivity contribution in [3.8, 4) is 11.6 Å². The van der Waals surface area contributed by atoms with E-state index in [1.807, 2.05) is 38.8 Å². The molecule has 2 aliphatic carbocycles. The number of amides is 1. The summed E-state index contributed by atoms with van der Waals surface area (Å²) in [5.74, 6) is 3.42. The summed E-state index contributed by atoms with van der Waals surface area (Å²) in [6.07, 6.45) is 10.8. The number of rotatable bonds is 13. The van der Waals surface area contributed by atoms with Crippen molar-refractivity contribution >= 4 is 30.0 Å². The monoisotopic (exact) mass is 718 g/mol. The number of aromatic nitrogens is 2. The molecule has 3 unspecified atom stereocenters. The van der Waals surface area contributed by atoms with Crippen LogP contribution >= 0.6 is 0 Å². The van der Waals surface area contributed by atoms with E-state index in [1.54, 1.807) is 20.8 Å². The first-order chi connectivity index (χ1) is 23.1. The van der Waals surface area contributed by atoms with E-state index in [0.29, 0.717) is 24.4 Å². The van der Waals surface area contributed by atoms with Gasteiger partial charge in [-0.15, -0.1) is 13.2 Å². The third-order valence-corrected chi connectivity index (χ3v) is 9.75. The van der Waals surface area contributed by atoms with Gasteiger partial charge >= 0.3 is 0 Å². The van der Waals surface area contributed by atoms with Gasteiger partial charge in [0.25, 0.3) is 0 Å². The largest absolute Gasteiger partial charge is 0.540 e. The van der Waals surface area contributed by atoms with Crippen LogP contribution in [0.1, 0.15) is 91.7 Å². The Morgan fingerprint density at radius 3 is 2.35 bits per heavy atom. The van der Waals surface area contributed by atoms with Crippen LogP contribution in [0, 0.1) is 29.1 Å². The average Bonchev–Trinajstić information content (AvgIpc) is 3.64. The van der Waals surface area contributed by atoms with Crippen LogP contribution in [0.15, 0.2) is 31.4 Å². The van der Waals surface area contributed by atoms with E-state index >= 15 is 0 Å². The van der Waals surface area contributed by atoms with Crippen LogP contribution in [-0.4, -0.2) is 77.4 Å². The first kappa shape index (κ1) is 44.2. The molecule has 3 aliphatic rings. The third-order valence-electron chi connectivity index (χ3n) is 9.75. The summed E-state index contributed by atoms with van der Waals surface area (Å²) >= 11 is 0. The molecular weight excluding hydrogens is 659 g/mol. The summed E-state index contributed by atoms with van der Waals surface area (Å²) in [6, 6.07) is 4.94. The molecule has 2 saturated carbocycles. The maximum absolute atomic E-state index is 13.3. The van der Waals surface area contributed by atoms with Crippen LogP contribution in [0.3, 0.4) is 0 Å². The fraction of sp³-hybridized carbons (Fsp3) is 0.658. The molecule has 5 rings (SSSR count). The van der Waals surface area contributed by atoms with Crippen molar-refractivity contribution in [2.75, 3.05) is 20.2 Å². The molecule has 2 aromatic rings. The van der Waals surface area contributed by atoms with Gasteiger partial charge in [0.2, 0.25) is 11.8 Å². The van der Waals surface area contributed by atoms with Gasteiger partial charge in [0.1, 0.15) is 30.4 Å². The van der Waals surface area contributed by atoms with Gasteiger partial charge in [0.15, 0.2) is 0 Å². The quantitative estimate of drug-likeness (QED) is 0.148.